The molecule has 0 radical (unpaired) electrons. The molecule has 32 heavy (non-hydrogen) atoms. The van der Waals surface area contributed by atoms with Crippen LogP contribution in [0.2, 0.25) is 0 Å². The topological polar surface area (TPSA) is 70.8 Å². The lowest BCUT2D eigenvalue weighted by atomic mass is 9.75. The largest absolute Gasteiger partial charge is 0.484 e. The Balaban J connectivity index is 1.25. The van der Waals surface area contributed by atoms with Gasteiger partial charge in [-0.1, -0.05) is 13.8 Å². The van der Waals surface area contributed by atoms with E-state index in [4.69, 9.17) is 9.15 Å². The number of aromatic nitrogens is 1. The lowest BCUT2D eigenvalue weighted by molar-refractivity contribution is 0.177. The van der Waals surface area contributed by atoms with Gasteiger partial charge in [0.25, 0.3) is 6.01 Å². The van der Waals surface area contributed by atoms with Crippen LogP contribution in [-0.4, -0.2) is 29.3 Å². The molecule has 2 aromatic rings. The van der Waals surface area contributed by atoms with Crippen LogP contribution in [0.15, 0.2) is 16.5 Å². The standard InChI is InChI=1S/C24H31F2N3O3/c1-4-24(5-2)11-29(12-24)23-28-20(13(3)31-23)22(30)27-16-9-18(25)21(19(26)10-16)32-17-7-14-6-15(14)8-17/h9-10,14-15,17,22,27,30H,4-8,11-12H2,1-3H3. The number of aliphatic hydroxyl groups excluding tert-OH is 1. The van der Waals surface area contributed by atoms with E-state index in [2.05, 4.69) is 29.0 Å². The van der Waals surface area contributed by atoms with Gasteiger partial charge in [-0.25, -0.2) is 8.78 Å². The highest BCUT2D eigenvalue weighted by Crippen LogP contribution is 2.52. The summed E-state index contributed by atoms with van der Waals surface area (Å²) < 4.78 is 40.5. The molecule has 3 atom stereocenters. The van der Waals surface area contributed by atoms with Gasteiger partial charge in [-0.2, -0.15) is 4.98 Å². The zero-order chi connectivity index (χ0) is 22.6. The van der Waals surface area contributed by atoms with Crippen molar-refractivity contribution in [3.05, 3.63) is 35.2 Å². The molecule has 2 N–H and O–H groups in total. The van der Waals surface area contributed by atoms with Gasteiger partial charge in [0.2, 0.25) is 0 Å². The van der Waals surface area contributed by atoms with Crippen molar-refractivity contribution in [2.24, 2.45) is 17.3 Å². The van der Waals surface area contributed by atoms with Gasteiger partial charge in [-0.15, -0.1) is 0 Å². The van der Waals surface area contributed by atoms with Crippen molar-refractivity contribution in [2.75, 3.05) is 23.3 Å². The van der Waals surface area contributed by atoms with E-state index < -0.39 is 17.9 Å². The highest BCUT2D eigenvalue weighted by molar-refractivity contribution is 5.49. The van der Waals surface area contributed by atoms with E-state index >= 15 is 0 Å². The first-order valence-corrected chi connectivity index (χ1v) is 11.6. The van der Waals surface area contributed by atoms with Crippen molar-refractivity contribution in [1.82, 2.24) is 4.98 Å². The van der Waals surface area contributed by atoms with Gasteiger partial charge in [-0.05, 0) is 50.9 Å². The molecule has 3 fully saturated rings. The van der Waals surface area contributed by atoms with Crippen LogP contribution < -0.4 is 15.0 Å². The van der Waals surface area contributed by atoms with E-state index in [-0.39, 0.29) is 23.0 Å². The van der Waals surface area contributed by atoms with E-state index in [0.717, 1.165) is 50.9 Å². The number of oxazole rings is 1. The summed E-state index contributed by atoms with van der Waals surface area (Å²) in [7, 11) is 0. The van der Waals surface area contributed by atoms with Crippen LogP contribution in [0.25, 0.3) is 0 Å². The Hall–Kier alpha value is -2.35. The van der Waals surface area contributed by atoms with Crippen molar-refractivity contribution in [2.45, 2.75) is 65.2 Å². The van der Waals surface area contributed by atoms with Crippen LogP contribution in [0.1, 0.15) is 63.6 Å². The van der Waals surface area contributed by atoms with Gasteiger partial charge < -0.3 is 24.5 Å². The average Bonchev–Trinajstić information content (AvgIpc) is 3.14. The van der Waals surface area contributed by atoms with Crippen LogP contribution in [0.3, 0.4) is 0 Å². The second-order valence-electron chi connectivity index (χ2n) is 9.78. The number of hydrogen-bond acceptors (Lipinski definition) is 6. The number of nitrogens with one attached hydrogen (secondary N) is 1. The van der Waals surface area contributed by atoms with Crippen LogP contribution in [0.4, 0.5) is 20.5 Å². The van der Waals surface area contributed by atoms with E-state index in [1.54, 1.807) is 6.92 Å². The molecule has 174 valence electrons. The van der Waals surface area contributed by atoms with Crippen molar-refractivity contribution in [3.63, 3.8) is 0 Å². The number of anilines is 2. The molecule has 1 aliphatic heterocycles. The van der Waals surface area contributed by atoms with E-state index in [9.17, 15) is 13.9 Å². The van der Waals surface area contributed by atoms with Gasteiger partial charge in [-0.3, -0.25) is 0 Å². The fourth-order valence-corrected chi connectivity index (χ4v) is 5.28. The third-order valence-corrected chi connectivity index (χ3v) is 7.69. The fraction of sp³-hybridized carbons (Fsp3) is 0.625. The minimum Gasteiger partial charge on any atom is -0.484 e. The van der Waals surface area contributed by atoms with Crippen molar-refractivity contribution < 1.29 is 23.0 Å². The summed E-state index contributed by atoms with van der Waals surface area (Å²) in [4.78, 5) is 6.49. The summed E-state index contributed by atoms with van der Waals surface area (Å²) in [6.07, 6.45) is 3.75. The fourth-order valence-electron chi connectivity index (χ4n) is 5.28. The Morgan fingerprint density at radius 2 is 1.81 bits per heavy atom. The zero-order valence-electron chi connectivity index (χ0n) is 18.8. The van der Waals surface area contributed by atoms with Crippen LogP contribution >= 0.6 is 0 Å². The van der Waals surface area contributed by atoms with Gasteiger partial charge in [0.1, 0.15) is 11.5 Å². The highest BCUT2D eigenvalue weighted by Gasteiger charge is 2.47. The number of nitrogens with zero attached hydrogens (tertiary/aromatic N) is 2. The first-order chi connectivity index (χ1) is 15.3. The normalized spacial score (nSPS) is 26.4. The van der Waals surface area contributed by atoms with Crippen molar-refractivity contribution in [1.29, 1.82) is 0 Å². The number of aryl methyl sites for hydroxylation is 1. The molecule has 3 aliphatic rings. The Kier molecular flexibility index (Phi) is 5.31. The van der Waals surface area contributed by atoms with Gasteiger partial charge >= 0.3 is 0 Å². The summed E-state index contributed by atoms with van der Waals surface area (Å²) in [5.41, 5.74) is 0.701. The number of rotatable bonds is 8. The SMILES string of the molecule is CCC1(CC)CN(c2nc(C(O)Nc3cc(F)c(OC4CC5CC5C4)c(F)c3)c(C)o2)C1. The Bertz CT molecular complexity index is 965. The average molecular weight is 448 g/mol. The Labute approximate surface area is 187 Å². The minimum absolute atomic E-state index is 0.109. The molecule has 8 heteroatoms. The molecule has 5 rings (SSSR count). The van der Waals surface area contributed by atoms with Gasteiger partial charge in [0, 0.05) is 36.3 Å². The second kappa shape index (κ2) is 7.90. The van der Waals surface area contributed by atoms with Crippen molar-refractivity contribution >= 4 is 11.7 Å². The molecule has 2 heterocycles. The maximum Gasteiger partial charge on any atom is 0.297 e. The van der Waals surface area contributed by atoms with Crippen molar-refractivity contribution in [3.8, 4) is 5.75 Å². The maximum atomic E-state index is 14.6. The Morgan fingerprint density at radius 3 is 2.41 bits per heavy atom. The minimum atomic E-state index is -1.26. The molecule has 6 nitrogen and oxygen atoms in total. The zero-order valence-corrected chi connectivity index (χ0v) is 18.8. The number of benzene rings is 1. The second-order valence-corrected chi connectivity index (χ2v) is 9.78. The van der Waals surface area contributed by atoms with Crippen LogP contribution in [0.5, 0.6) is 5.75 Å². The monoisotopic (exact) mass is 447 g/mol. The summed E-state index contributed by atoms with van der Waals surface area (Å²) >= 11 is 0. The molecule has 1 saturated heterocycles. The van der Waals surface area contributed by atoms with E-state index in [1.807, 2.05) is 0 Å². The number of halogens is 2. The summed E-state index contributed by atoms with van der Waals surface area (Å²) in [5.74, 6) is -0.123. The molecule has 2 saturated carbocycles. The number of aliphatic hydroxyl groups is 1. The van der Waals surface area contributed by atoms with Crippen LogP contribution in [-0.2, 0) is 0 Å². The molecule has 0 spiro atoms. The molecule has 3 unspecified atom stereocenters. The molecule has 0 amide bonds. The van der Waals surface area contributed by atoms with Gasteiger partial charge in [0.15, 0.2) is 23.6 Å². The molecule has 2 aliphatic carbocycles. The van der Waals surface area contributed by atoms with Gasteiger partial charge in [0.05, 0.1) is 6.10 Å². The summed E-state index contributed by atoms with van der Waals surface area (Å²) in [6, 6.07) is 2.74. The quantitative estimate of drug-likeness (QED) is 0.544. The predicted octanol–water partition coefficient (Wildman–Crippen LogP) is 5.17. The number of hydrogen-bond donors (Lipinski definition) is 2. The smallest absolute Gasteiger partial charge is 0.297 e. The summed E-state index contributed by atoms with van der Waals surface area (Å²) in [5, 5.41) is 13.3. The van der Waals surface area contributed by atoms with E-state index in [0.29, 0.717) is 29.3 Å². The molecule has 0 bridgehead atoms. The molecular formula is C24H31F2N3O3. The highest BCUT2D eigenvalue weighted by atomic mass is 19.1. The predicted molar refractivity (Wildman–Crippen MR) is 117 cm³/mol. The third-order valence-electron chi connectivity index (χ3n) is 7.69. The first kappa shape index (κ1) is 21.5. The van der Waals surface area contributed by atoms with E-state index in [1.165, 1.54) is 6.42 Å². The summed E-state index contributed by atoms with van der Waals surface area (Å²) in [6.45, 7) is 7.82. The molecular weight excluding hydrogens is 416 g/mol. The Morgan fingerprint density at radius 1 is 1.19 bits per heavy atom. The lowest BCUT2D eigenvalue weighted by Gasteiger charge is -2.49. The number of fused-ring (bicyclic) bond motifs is 1. The first-order valence-electron chi connectivity index (χ1n) is 11.6. The molecule has 1 aromatic carbocycles. The third kappa shape index (κ3) is 3.83. The van der Waals surface area contributed by atoms with Crippen LogP contribution in [0, 0.1) is 35.8 Å². The molecule has 1 aromatic heterocycles. The maximum absolute atomic E-state index is 14.6. The lowest BCUT2D eigenvalue weighted by Crippen LogP contribution is -2.56. The number of ether oxygens (including phenoxy) is 1.